The second-order valence-electron chi connectivity index (χ2n) is 9.32. The van der Waals surface area contributed by atoms with Crippen molar-refractivity contribution >= 4 is 11.8 Å². The van der Waals surface area contributed by atoms with Crippen LogP contribution in [0.4, 0.5) is 23.7 Å². The van der Waals surface area contributed by atoms with Gasteiger partial charge in [0.2, 0.25) is 0 Å². The molecule has 31 heavy (non-hydrogen) atoms. The number of rotatable bonds is 3. The van der Waals surface area contributed by atoms with Gasteiger partial charge < -0.3 is 9.64 Å². The summed E-state index contributed by atoms with van der Waals surface area (Å²) in [5.41, 5.74) is -2.05. The van der Waals surface area contributed by atoms with Gasteiger partial charge in [-0.15, -0.1) is 0 Å². The van der Waals surface area contributed by atoms with Crippen molar-refractivity contribution in [3.63, 3.8) is 0 Å². The maximum atomic E-state index is 13.0. The molecule has 2 fully saturated rings. The number of nitro groups is 1. The first kappa shape index (κ1) is 23.3. The van der Waals surface area contributed by atoms with Crippen LogP contribution in [0.25, 0.3) is 0 Å². The minimum Gasteiger partial charge on any atom is -0.444 e. The Bertz CT molecular complexity index is 843. The molecule has 0 radical (unpaired) electrons. The van der Waals surface area contributed by atoms with Gasteiger partial charge in [-0.2, -0.15) is 13.2 Å². The molecule has 1 spiro atoms. The van der Waals surface area contributed by atoms with Gasteiger partial charge in [-0.25, -0.2) is 4.79 Å². The van der Waals surface area contributed by atoms with Crippen molar-refractivity contribution in [2.45, 2.75) is 70.3 Å². The van der Waals surface area contributed by atoms with Gasteiger partial charge in [0.05, 0.1) is 10.5 Å². The summed E-state index contributed by atoms with van der Waals surface area (Å²) < 4.78 is 44.4. The smallest absolute Gasteiger partial charge is 0.416 e. The Morgan fingerprint density at radius 1 is 1.16 bits per heavy atom. The number of halogens is 3. The number of benzene rings is 1. The van der Waals surface area contributed by atoms with Crippen LogP contribution in [0.15, 0.2) is 18.2 Å². The highest BCUT2D eigenvalue weighted by atomic mass is 19.4. The van der Waals surface area contributed by atoms with E-state index in [1.807, 2.05) is 20.8 Å². The van der Waals surface area contributed by atoms with E-state index in [1.54, 1.807) is 4.90 Å². The molecule has 0 aromatic heterocycles. The van der Waals surface area contributed by atoms with Gasteiger partial charge in [0, 0.05) is 36.8 Å². The minimum atomic E-state index is -4.63. The molecule has 2 aliphatic heterocycles. The molecule has 3 rings (SSSR count). The third-order valence-corrected chi connectivity index (χ3v) is 6.06. The highest BCUT2D eigenvalue weighted by Gasteiger charge is 2.45. The molecule has 1 aromatic rings. The lowest BCUT2D eigenvalue weighted by Crippen LogP contribution is -2.53. The lowest BCUT2D eigenvalue weighted by atomic mass is 9.84. The molecule has 172 valence electrons. The Hall–Kier alpha value is -2.36. The van der Waals surface area contributed by atoms with E-state index in [-0.39, 0.29) is 23.7 Å². The van der Waals surface area contributed by atoms with E-state index < -0.39 is 28.0 Å². The summed E-state index contributed by atoms with van der Waals surface area (Å²) in [4.78, 5) is 26.8. The zero-order valence-corrected chi connectivity index (χ0v) is 18.0. The second kappa shape index (κ2) is 8.29. The van der Waals surface area contributed by atoms with E-state index in [4.69, 9.17) is 4.74 Å². The molecule has 1 amide bonds. The van der Waals surface area contributed by atoms with Crippen molar-refractivity contribution in [3.05, 3.63) is 39.4 Å². The van der Waals surface area contributed by atoms with Gasteiger partial charge in [0.15, 0.2) is 0 Å². The Morgan fingerprint density at radius 3 is 2.35 bits per heavy atom. The zero-order chi connectivity index (χ0) is 23.0. The number of carbonyl (C=O) groups excluding carboxylic acids is 1. The van der Waals surface area contributed by atoms with Gasteiger partial charge in [0.1, 0.15) is 5.60 Å². The average molecular weight is 443 g/mol. The first-order valence-corrected chi connectivity index (χ1v) is 10.4. The van der Waals surface area contributed by atoms with E-state index in [0.29, 0.717) is 38.5 Å². The number of alkyl halides is 3. The maximum absolute atomic E-state index is 13.0. The Balaban J connectivity index is 1.74. The molecule has 0 saturated carbocycles. The number of nitrogens with zero attached hydrogens (tertiary/aromatic N) is 3. The Kier molecular flexibility index (Phi) is 6.23. The fourth-order valence-electron chi connectivity index (χ4n) is 4.49. The summed E-state index contributed by atoms with van der Waals surface area (Å²) in [6.07, 6.45) is -1.80. The normalized spacial score (nSPS) is 19.6. The van der Waals surface area contributed by atoms with Crippen LogP contribution in [0.3, 0.4) is 0 Å². The average Bonchev–Trinajstić information content (AvgIpc) is 3.02. The Labute approximate surface area is 179 Å². The lowest BCUT2D eigenvalue weighted by molar-refractivity contribution is -0.386. The highest BCUT2D eigenvalue weighted by Crippen LogP contribution is 2.41. The first-order chi connectivity index (χ1) is 14.3. The van der Waals surface area contributed by atoms with Gasteiger partial charge in [-0.1, -0.05) is 6.07 Å². The number of amides is 1. The monoisotopic (exact) mass is 443 g/mol. The van der Waals surface area contributed by atoms with Crippen LogP contribution in [-0.2, 0) is 17.5 Å². The van der Waals surface area contributed by atoms with Crippen LogP contribution in [0, 0.1) is 10.1 Å². The molecule has 2 aliphatic rings. The van der Waals surface area contributed by atoms with Crippen LogP contribution in [0.5, 0.6) is 0 Å². The summed E-state index contributed by atoms with van der Waals surface area (Å²) in [6, 6.07) is 2.72. The number of nitro benzene ring substituents is 1. The molecule has 0 bridgehead atoms. The maximum Gasteiger partial charge on any atom is 0.416 e. The molecular formula is C21H28F3N3O4. The number of ether oxygens (including phenoxy) is 1. The van der Waals surface area contributed by atoms with Crippen LogP contribution < -0.4 is 0 Å². The molecule has 1 aromatic carbocycles. The lowest BCUT2D eigenvalue weighted by Gasteiger charge is -2.45. The second-order valence-corrected chi connectivity index (χ2v) is 9.32. The number of hydrogen-bond acceptors (Lipinski definition) is 5. The van der Waals surface area contributed by atoms with Gasteiger partial charge in [0.25, 0.3) is 5.69 Å². The quantitative estimate of drug-likeness (QED) is 0.487. The van der Waals surface area contributed by atoms with Gasteiger partial charge in [-0.05, 0) is 59.1 Å². The molecular weight excluding hydrogens is 415 g/mol. The molecule has 0 atom stereocenters. The SMILES string of the molecule is CC(C)(C)OC(=O)N1CCC2(CCCN2Cc2ccc(C(F)(F)F)cc2[N+](=O)[O-])CC1. The topological polar surface area (TPSA) is 75.9 Å². The van der Waals surface area contributed by atoms with Crippen LogP contribution >= 0.6 is 0 Å². The van der Waals surface area contributed by atoms with Crippen molar-refractivity contribution < 1.29 is 27.6 Å². The summed E-state index contributed by atoms with van der Waals surface area (Å²) in [6.45, 7) is 7.39. The fourth-order valence-corrected chi connectivity index (χ4v) is 4.49. The van der Waals surface area contributed by atoms with Crippen molar-refractivity contribution in [1.82, 2.24) is 9.80 Å². The Morgan fingerprint density at radius 2 is 1.81 bits per heavy atom. The number of piperidine rings is 1. The number of hydrogen-bond donors (Lipinski definition) is 0. The molecule has 7 nitrogen and oxygen atoms in total. The van der Waals surface area contributed by atoms with E-state index in [0.717, 1.165) is 18.9 Å². The number of carbonyl (C=O) groups is 1. The minimum absolute atomic E-state index is 0.209. The standard InChI is InChI=1S/C21H28F3N3O4/c1-19(2,3)31-18(28)25-11-8-20(9-12-25)7-4-10-26(20)14-15-5-6-16(21(22,23)24)13-17(15)27(29)30/h5-6,13H,4,7-12,14H2,1-3H3. The fraction of sp³-hybridized carbons (Fsp3) is 0.667. The summed E-state index contributed by atoms with van der Waals surface area (Å²) in [5, 5.41) is 11.4. The van der Waals surface area contributed by atoms with E-state index in [2.05, 4.69) is 4.90 Å². The molecule has 2 saturated heterocycles. The van der Waals surface area contributed by atoms with Crippen LogP contribution in [0.1, 0.15) is 57.6 Å². The largest absolute Gasteiger partial charge is 0.444 e. The summed E-state index contributed by atoms with van der Waals surface area (Å²) in [7, 11) is 0. The first-order valence-electron chi connectivity index (χ1n) is 10.4. The molecule has 10 heteroatoms. The van der Waals surface area contributed by atoms with E-state index >= 15 is 0 Å². The predicted molar refractivity (Wildman–Crippen MR) is 108 cm³/mol. The summed E-state index contributed by atoms with van der Waals surface area (Å²) >= 11 is 0. The third-order valence-electron chi connectivity index (χ3n) is 6.06. The van der Waals surface area contributed by atoms with E-state index in [1.165, 1.54) is 6.07 Å². The van der Waals surface area contributed by atoms with E-state index in [9.17, 15) is 28.1 Å². The van der Waals surface area contributed by atoms with Crippen molar-refractivity contribution in [2.75, 3.05) is 19.6 Å². The number of likely N-dealkylation sites (tertiary alicyclic amines) is 2. The van der Waals surface area contributed by atoms with Gasteiger partial charge >= 0.3 is 12.3 Å². The van der Waals surface area contributed by atoms with Gasteiger partial charge in [-0.3, -0.25) is 15.0 Å². The highest BCUT2D eigenvalue weighted by molar-refractivity contribution is 5.68. The van der Waals surface area contributed by atoms with Crippen molar-refractivity contribution in [2.24, 2.45) is 0 Å². The van der Waals surface area contributed by atoms with Crippen LogP contribution in [-0.4, -0.2) is 51.6 Å². The van der Waals surface area contributed by atoms with Crippen molar-refractivity contribution in [3.8, 4) is 0 Å². The molecule has 2 heterocycles. The van der Waals surface area contributed by atoms with Crippen molar-refractivity contribution in [1.29, 1.82) is 0 Å². The third kappa shape index (κ3) is 5.28. The molecule has 0 N–H and O–H groups in total. The molecule has 0 unspecified atom stereocenters. The zero-order valence-electron chi connectivity index (χ0n) is 18.0. The summed E-state index contributed by atoms with van der Waals surface area (Å²) in [5.74, 6) is 0. The van der Waals surface area contributed by atoms with Crippen LogP contribution in [0.2, 0.25) is 0 Å². The predicted octanol–water partition coefficient (Wildman–Crippen LogP) is 4.98. The molecule has 0 aliphatic carbocycles.